The number of esters is 1. The zero-order valence-corrected chi connectivity index (χ0v) is 17.6. The first-order chi connectivity index (χ1) is 13.2. The molecule has 8 nitrogen and oxygen atoms in total. The van der Waals surface area contributed by atoms with Crippen LogP contribution in [-0.2, 0) is 30.8 Å². The third-order valence-electron chi connectivity index (χ3n) is 3.66. The van der Waals surface area contributed by atoms with Crippen LogP contribution in [0.15, 0.2) is 51.8 Å². The summed E-state index contributed by atoms with van der Waals surface area (Å²) in [4.78, 5) is 22.9. The highest BCUT2D eigenvalue weighted by atomic mass is 79.9. The molecule has 0 unspecified atom stereocenters. The molecule has 2 rings (SSSR count). The van der Waals surface area contributed by atoms with Crippen molar-refractivity contribution in [1.82, 2.24) is 5.32 Å². The van der Waals surface area contributed by atoms with Crippen molar-refractivity contribution in [1.29, 1.82) is 0 Å². The average molecular weight is 471 g/mol. The number of sulfonamides is 1. The quantitative estimate of drug-likeness (QED) is 0.571. The average Bonchev–Trinajstić information content (AvgIpc) is 2.67. The molecule has 0 saturated carbocycles. The van der Waals surface area contributed by atoms with Crippen molar-refractivity contribution in [3.63, 3.8) is 0 Å². The predicted molar refractivity (Wildman–Crippen MR) is 107 cm³/mol. The summed E-state index contributed by atoms with van der Waals surface area (Å²) in [5, 5.41) is 2.43. The molecule has 0 aromatic heterocycles. The number of carbonyl (C=O) groups is 2. The van der Waals surface area contributed by atoms with Gasteiger partial charge in [0.15, 0.2) is 0 Å². The maximum absolute atomic E-state index is 12.5. The van der Waals surface area contributed by atoms with Gasteiger partial charge in [0.2, 0.25) is 5.91 Å². The number of amides is 1. The lowest BCUT2D eigenvalue weighted by molar-refractivity contribution is -0.141. The Morgan fingerprint density at radius 1 is 1.07 bits per heavy atom. The van der Waals surface area contributed by atoms with Crippen molar-refractivity contribution in [2.45, 2.75) is 11.3 Å². The molecule has 10 heteroatoms. The Hall–Kier alpha value is -2.59. The number of methoxy groups -OCH3 is 2. The van der Waals surface area contributed by atoms with Gasteiger partial charge in [0, 0.05) is 5.69 Å². The molecule has 0 aliphatic carbocycles. The van der Waals surface area contributed by atoms with Crippen LogP contribution in [0, 0.1) is 0 Å². The predicted octanol–water partition coefficient (Wildman–Crippen LogP) is 2.09. The van der Waals surface area contributed by atoms with Gasteiger partial charge in [0.1, 0.15) is 12.3 Å². The second-order valence-corrected chi connectivity index (χ2v) is 8.17. The van der Waals surface area contributed by atoms with Crippen LogP contribution in [0.2, 0.25) is 0 Å². The first-order valence-electron chi connectivity index (χ1n) is 8.04. The van der Waals surface area contributed by atoms with Crippen molar-refractivity contribution in [3.05, 3.63) is 52.5 Å². The molecule has 2 N–H and O–H groups in total. The lowest BCUT2D eigenvalue weighted by Gasteiger charge is -2.10. The van der Waals surface area contributed by atoms with E-state index in [1.807, 2.05) is 0 Å². The summed E-state index contributed by atoms with van der Waals surface area (Å²) in [5.41, 5.74) is 1.02. The molecule has 0 spiro atoms. The van der Waals surface area contributed by atoms with E-state index in [1.54, 1.807) is 30.3 Å². The molecule has 0 aliphatic heterocycles. The van der Waals surface area contributed by atoms with Crippen LogP contribution >= 0.6 is 15.9 Å². The Labute approximate surface area is 171 Å². The Kier molecular flexibility index (Phi) is 7.41. The third kappa shape index (κ3) is 5.96. The number of ether oxygens (including phenoxy) is 2. The molecule has 1 amide bonds. The smallest absolute Gasteiger partial charge is 0.325 e. The summed E-state index contributed by atoms with van der Waals surface area (Å²) in [5.74, 6) is -0.362. The lowest BCUT2D eigenvalue weighted by atomic mass is 10.1. The van der Waals surface area contributed by atoms with E-state index in [0.29, 0.717) is 21.5 Å². The van der Waals surface area contributed by atoms with E-state index in [4.69, 9.17) is 4.74 Å². The highest BCUT2D eigenvalue weighted by Crippen LogP contribution is 2.28. The number of hydrogen-bond acceptors (Lipinski definition) is 6. The zero-order valence-electron chi connectivity index (χ0n) is 15.2. The molecule has 0 atom stereocenters. The van der Waals surface area contributed by atoms with Crippen LogP contribution in [0.3, 0.4) is 0 Å². The van der Waals surface area contributed by atoms with E-state index in [0.717, 1.165) is 0 Å². The summed E-state index contributed by atoms with van der Waals surface area (Å²) < 4.78 is 37.6. The van der Waals surface area contributed by atoms with E-state index in [9.17, 15) is 18.0 Å². The third-order valence-corrected chi connectivity index (χ3v) is 5.66. The van der Waals surface area contributed by atoms with Gasteiger partial charge in [-0.3, -0.25) is 14.3 Å². The first kappa shape index (κ1) is 21.7. The topological polar surface area (TPSA) is 111 Å². The minimum absolute atomic E-state index is 0.0510. The molecule has 150 valence electrons. The van der Waals surface area contributed by atoms with Crippen LogP contribution in [0.5, 0.6) is 5.75 Å². The van der Waals surface area contributed by atoms with E-state index in [1.165, 1.54) is 26.4 Å². The largest absolute Gasteiger partial charge is 0.496 e. The number of hydrogen-bond donors (Lipinski definition) is 2. The standard InChI is InChI=1S/C18H19BrN2O6S/c1-26-16-8-7-14(10-15(16)19)28(24,25)21-13-5-3-12(4-6-13)9-17(22)20-11-18(23)27-2/h3-8,10,21H,9,11H2,1-2H3,(H,20,22). The molecule has 0 fully saturated rings. The fraction of sp³-hybridized carbons (Fsp3) is 0.222. The Morgan fingerprint density at radius 3 is 2.32 bits per heavy atom. The Bertz CT molecular complexity index is 961. The molecule has 0 heterocycles. The fourth-order valence-corrected chi connectivity index (χ4v) is 3.99. The molecule has 0 radical (unpaired) electrons. The minimum Gasteiger partial charge on any atom is -0.496 e. The molecular formula is C18H19BrN2O6S. The lowest BCUT2D eigenvalue weighted by Crippen LogP contribution is -2.31. The Morgan fingerprint density at radius 2 is 1.75 bits per heavy atom. The van der Waals surface area contributed by atoms with Crippen LogP contribution in [0.4, 0.5) is 5.69 Å². The monoisotopic (exact) mass is 470 g/mol. The van der Waals surface area contributed by atoms with Crippen LogP contribution < -0.4 is 14.8 Å². The highest BCUT2D eigenvalue weighted by molar-refractivity contribution is 9.10. The zero-order chi connectivity index (χ0) is 20.7. The molecule has 0 saturated heterocycles. The highest BCUT2D eigenvalue weighted by Gasteiger charge is 2.16. The number of nitrogens with one attached hydrogen (secondary N) is 2. The molecule has 2 aromatic carbocycles. The van der Waals surface area contributed by atoms with E-state index in [-0.39, 0.29) is 23.8 Å². The summed E-state index contributed by atoms with van der Waals surface area (Å²) in [7, 11) is -1.06. The van der Waals surface area contributed by atoms with Gasteiger partial charge < -0.3 is 14.8 Å². The van der Waals surface area contributed by atoms with Gasteiger partial charge in [0.25, 0.3) is 10.0 Å². The van der Waals surface area contributed by atoms with E-state index < -0.39 is 16.0 Å². The van der Waals surface area contributed by atoms with Gasteiger partial charge in [-0.25, -0.2) is 8.42 Å². The van der Waals surface area contributed by atoms with Gasteiger partial charge in [0.05, 0.1) is 30.0 Å². The SMILES string of the molecule is COC(=O)CNC(=O)Cc1ccc(NS(=O)(=O)c2ccc(OC)c(Br)c2)cc1. The second kappa shape index (κ2) is 9.56. The maximum atomic E-state index is 12.5. The van der Waals surface area contributed by atoms with Crippen molar-refractivity contribution < 1.29 is 27.5 Å². The number of anilines is 1. The van der Waals surface area contributed by atoms with Gasteiger partial charge in [-0.2, -0.15) is 0 Å². The molecule has 0 aliphatic rings. The normalized spacial score (nSPS) is 10.8. The summed E-state index contributed by atoms with van der Waals surface area (Å²) in [6.45, 7) is -0.204. The van der Waals surface area contributed by atoms with Gasteiger partial charge in [-0.1, -0.05) is 12.1 Å². The fourth-order valence-electron chi connectivity index (χ4n) is 2.21. The summed E-state index contributed by atoms with van der Waals surface area (Å²) in [6, 6.07) is 10.8. The summed E-state index contributed by atoms with van der Waals surface area (Å²) >= 11 is 3.26. The van der Waals surface area contributed by atoms with Gasteiger partial charge in [-0.15, -0.1) is 0 Å². The van der Waals surface area contributed by atoms with Crippen molar-refractivity contribution >= 4 is 43.5 Å². The number of benzene rings is 2. The number of rotatable bonds is 8. The number of halogens is 1. The van der Waals surface area contributed by atoms with Crippen LogP contribution in [0.1, 0.15) is 5.56 Å². The van der Waals surface area contributed by atoms with Gasteiger partial charge >= 0.3 is 5.97 Å². The van der Waals surface area contributed by atoms with Crippen molar-refractivity contribution in [2.75, 3.05) is 25.5 Å². The summed E-state index contributed by atoms with van der Waals surface area (Å²) in [6.07, 6.45) is 0.0510. The van der Waals surface area contributed by atoms with Crippen molar-refractivity contribution in [3.8, 4) is 5.75 Å². The van der Waals surface area contributed by atoms with Crippen LogP contribution in [-0.4, -0.2) is 41.1 Å². The maximum Gasteiger partial charge on any atom is 0.325 e. The van der Waals surface area contributed by atoms with Crippen molar-refractivity contribution in [2.24, 2.45) is 0 Å². The van der Waals surface area contributed by atoms with Gasteiger partial charge in [-0.05, 0) is 51.8 Å². The second-order valence-electron chi connectivity index (χ2n) is 5.63. The van der Waals surface area contributed by atoms with Crippen LogP contribution in [0.25, 0.3) is 0 Å². The molecule has 28 heavy (non-hydrogen) atoms. The minimum atomic E-state index is -3.78. The molecular weight excluding hydrogens is 452 g/mol. The Balaban J connectivity index is 2.02. The molecule has 2 aromatic rings. The molecule has 0 bridgehead atoms. The van der Waals surface area contributed by atoms with E-state index in [2.05, 4.69) is 30.7 Å². The number of carbonyl (C=O) groups excluding carboxylic acids is 2. The van der Waals surface area contributed by atoms with E-state index >= 15 is 0 Å². The first-order valence-corrected chi connectivity index (χ1v) is 10.3.